The molecule has 0 spiro atoms. The Labute approximate surface area is 96.4 Å². The van der Waals surface area contributed by atoms with E-state index in [1.165, 1.54) is 10.9 Å². The largest absolute Gasteiger partial charge is 0.476 e. The smallest absolute Gasteiger partial charge is 0.356 e. The average Bonchev–Trinajstić information content (AvgIpc) is 2.83. The van der Waals surface area contributed by atoms with Gasteiger partial charge in [0.15, 0.2) is 5.69 Å². The number of aromatic nitrogens is 3. The molecule has 0 aliphatic carbocycles. The minimum atomic E-state index is -0.993. The number of carboxylic acid groups (broad SMARTS) is 1. The summed E-state index contributed by atoms with van der Waals surface area (Å²) < 4.78 is 1.64. The van der Waals surface area contributed by atoms with Gasteiger partial charge < -0.3 is 5.11 Å². The lowest BCUT2D eigenvalue weighted by atomic mass is 10.3. The van der Waals surface area contributed by atoms with Crippen LogP contribution in [0, 0.1) is 6.92 Å². The molecule has 6 heteroatoms. The monoisotopic (exact) mass is 237 g/mol. The van der Waals surface area contributed by atoms with E-state index < -0.39 is 5.97 Å². The molecule has 16 heavy (non-hydrogen) atoms. The number of carboxylic acids is 1. The van der Waals surface area contributed by atoms with Crippen LogP contribution < -0.4 is 0 Å². The molecule has 0 fully saturated rings. The third-order valence-electron chi connectivity index (χ3n) is 2.27. The van der Waals surface area contributed by atoms with Gasteiger partial charge in [0.1, 0.15) is 0 Å². The van der Waals surface area contributed by atoms with Crippen molar-refractivity contribution >= 4 is 17.3 Å². The fraction of sp³-hybridized carbons (Fsp3) is 0.300. The van der Waals surface area contributed by atoms with Crippen molar-refractivity contribution in [3.05, 3.63) is 34.0 Å². The van der Waals surface area contributed by atoms with E-state index in [1.54, 1.807) is 22.2 Å². The van der Waals surface area contributed by atoms with Gasteiger partial charge in [-0.2, -0.15) is 5.10 Å². The molecule has 2 rings (SSSR count). The second kappa shape index (κ2) is 4.44. The molecule has 0 radical (unpaired) electrons. The van der Waals surface area contributed by atoms with E-state index >= 15 is 0 Å². The number of rotatable bonds is 4. The summed E-state index contributed by atoms with van der Waals surface area (Å²) in [4.78, 5) is 16.0. The van der Waals surface area contributed by atoms with Crippen molar-refractivity contribution in [1.82, 2.24) is 14.8 Å². The topological polar surface area (TPSA) is 68.0 Å². The van der Waals surface area contributed by atoms with Crippen molar-refractivity contribution in [1.29, 1.82) is 0 Å². The van der Waals surface area contributed by atoms with Gasteiger partial charge >= 0.3 is 5.97 Å². The first kappa shape index (κ1) is 10.8. The van der Waals surface area contributed by atoms with Crippen molar-refractivity contribution in [3.63, 3.8) is 0 Å². The molecule has 0 aromatic carbocycles. The quantitative estimate of drug-likeness (QED) is 0.876. The van der Waals surface area contributed by atoms with Crippen LogP contribution in [0.4, 0.5) is 0 Å². The van der Waals surface area contributed by atoms with Gasteiger partial charge in [0.25, 0.3) is 0 Å². The minimum Gasteiger partial charge on any atom is -0.476 e. The normalized spacial score (nSPS) is 10.6. The SMILES string of the molecule is Cc1ncsc1CCn1ccc(C(=O)O)n1. The fourth-order valence-electron chi connectivity index (χ4n) is 1.38. The lowest BCUT2D eigenvalue weighted by molar-refractivity contribution is 0.0689. The molecule has 2 aromatic heterocycles. The average molecular weight is 237 g/mol. The highest BCUT2D eigenvalue weighted by Gasteiger charge is 2.07. The maximum atomic E-state index is 10.6. The van der Waals surface area contributed by atoms with Gasteiger partial charge in [0.2, 0.25) is 0 Å². The Morgan fingerprint density at radius 3 is 3.00 bits per heavy atom. The van der Waals surface area contributed by atoms with Gasteiger partial charge in [-0.3, -0.25) is 4.68 Å². The standard InChI is InChI=1S/C10H11N3O2S/c1-7-9(16-6-11-7)3-5-13-4-2-8(12-13)10(14)15/h2,4,6H,3,5H2,1H3,(H,14,15). The molecule has 0 saturated carbocycles. The summed E-state index contributed by atoms with van der Waals surface area (Å²) in [6, 6.07) is 1.50. The summed E-state index contributed by atoms with van der Waals surface area (Å²) in [5.41, 5.74) is 2.94. The van der Waals surface area contributed by atoms with E-state index in [4.69, 9.17) is 5.11 Å². The maximum absolute atomic E-state index is 10.6. The first-order valence-corrected chi connectivity index (χ1v) is 5.70. The molecule has 0 atom stereocenters. The number of hydrogen-bond donors (Lipinski definition) is 1. The van der Waals surface area contributed by atoms with Gasteiger partial charge in [-0.1, -0.05) is 0 Å². The molecule has 0 bridgehead atoms. The van der Waals surface area contributed by atoms with Crippen molar-refractivity contribution in [2.24, 2.45) is 0 Å². The molecule has 0 amide bonds. The van der Waals surface area contributed by atoms with Crippen molar-refractivity contribution in [2.75, 3.05) is 0 Å². The molecule has 0 saturated heterocycles. The Morgan fingerprint density at radius 1 is 1.62 bits per heavy atom. The number of aromatic carboxylic acids is 1. The van der Waals surface area contributed by atoms with E-state index in [0.717, 1.165) is 12.1 Å². The summed E-state index contributed by atoms with van der Waals surface area (Å²) in [6.07, 6.45) is 2.51. The molecule has 5 nitrogen and oxygen atoms in total. The van der Waals surface area contributed by atoms with Crippen molar-refractivity contribution in [2.45, 2.75) is 19.9 Å². The Morgan fingerprint density at radius 2 is 2.44 bits per heavy atom. The maximum Gasteiger partial charge on any atom is 0.356 e. The summed E-state index contributed by atoms with van der Waals surface area (Å²) in [5, 5.41) is 12.7. The van der Waals surface area contributed by atoms with Gasteiger partial charge in [-0.25, -0.2) is 9.78 Å². The summed E-state index contributed by atoms with van der Waals surface area (Å²) in [6.45, 7) is 2.65. The predicted octanol–water partition coefficient (Wildman–Crippen LogP) is 1.59. The van der Waals surface area contributed by atoms with Gasteiger partial charge in [0, 0.05) is 24.0 Å². The van der Waals surface area contributed by atoms with E-state index in [1.807, 2.05) is 12.4 Å². The lowest BCUT2D eigenvalue weighted by Crippen LogP contribution is -2.04. The third kappa shape index (κ3) is 2.27. The van der Waals surface area contributed by atoms with Gasteiger partial charge in [0.05, 0.1) is 11.2 Å². The van der Waals surface area contributed by atoms with E-state index in [9.17, 15) is 4.79 Å². The van der Waals surface area contributed by atoms with Crippen LogP contribution in [-0.4, -0.2) is 25.8 Å². The van der Waals surface area contributed by atoms with Crippen LogP contribution >= 0.6 is 11.3 Å². The Balaban J connectivity index is 2.00. The highest BCUT2D eigenvalue weighted by molar-refractivity contribution is 7.09. The van der Waals surface area contributed by atoms with Gasteiger partial charge in [-0.05, 0) is 13.0 Å². The fourth-order valence-corrected chi connectivity index (χ4v) is 2.15. The zero-order valence-corrected chi connectivity index (χ0v) is 9.57. The summed E-state index contributed by atoms with van der Waals surface area (Å²) in [7, 11) is 0. The summed E-state index contributed by atoms with van der Waals surface area (Å²) in [5.74, 6) is -0.993. The zero-order valence-electron chi connectivity index (χ0n) is 8.75. The summed E-state index contributed by atoms with van der Waals surface area (Å²) >= 11 is 1.61. The van der Waals surface area contributed by atoms with Crippen LogP contribution in [0.15, 0.2) is 17.8 Å². The zero-order chi connectivity index (χ0) is 11.5. The molecule has 2 aromatic rings. The molecular formula is C10H11N3O2S. The van der Waals surface area contributed by atoms with Crippen LogP contribution in [-0.2, 0) is 13.0 Å². The number of aryl methyl sites for hydroxylation is 3. The molecule has 84 valence electrons. The predicted molar refractivity (Wildman–Crippen MR) is 59.7 cm³/mol. The molecule has 0 aliphatic rings. The van der Waals surface area contributed by atoms with Crippen LogP contribution in [0.2, 0.25) is 0 Å². The Bertz CT molecular complexity index is 504. The van der Waals surface area contributed by atoms with Crippen molar-refractivity contribution < 1.29 is 9.90 Å². The molecular weight excluding hydrogens is 226 g/mol. The number of hydrogen-bond acceptors (Lipinski definition) is 4. The Kier molecular flexibility index (Phi) is 3.00. The number of carbonyl (C=O) groups is 1. The first-order valence-electron chi connectivity index (χ1n) is 4.82. The minimum absolute atomic E-state index is 0.0843. The van der Waals surface area contributed by atoms with Gasteiger partial charge in [-0.15, -0.1) is 11.3 Å². The Hall–Kier alpha value is -1.69. The van der Waals surface area contributed by atoms with Crippen molar-refractivity contribution in [3.8, 4) is 0 Å². The van der Waals surface area contributed by atoms with E-state index in [0.29, 0.717) is 6.54 Å². The number of thiazole rings is 1. The molecule has 2 heterocycles. The van der Waals surface area contributed by atoms with Crippen LogP contribution in [0.5, 0.6) is 0 Å². The lowest BCUT2D eigenvalue weighted by Gasteiger charge is -1.99. The van der Waals surface area contributed by atoms with Crippen LogP contribution in [0.1, 0.15) is 21.1 Å². The van der Waals surface area contributed by atoms with Crippen LogP contribution in [0.25, 0.3) is 0 Å². The number of nitrogens with zero attached hydrogens (tertiary/aromatic N) is 3. The molecule has 1 N–H and O–H groups in total. The van der Waals surface area contributed by atoms with Crippen LogP contribution in [0.3, 0.4) is 0 Å². The second-order valence-corrected chi connectivity index (χ2v) is 4.32. The second-order valence-electron chi connectivity index (χ2n) is 3.38. The highest BCUT2D eigenvalue weighted by Crippen LogP contribution is 2.13. The third-order valence-corrected chi connectivity index (χ3v) is 3.27. The first-order chi connectivity index (χ1) is 7.66. The van der Waals surface area contributed by atoms with E-state index in [2.05, 4.69) is 10.1 Å². The molecule has 0 unspecified atom stereocenters. The molecule has 0 aliphatic heterocycles. The van der Waals surface area contributed by atoms with E-state index in [-0.39, 0.29) is 5.69 Å². The highest BCUT2D eigenvalue weighted by atomic mass is 32.1.